The lowest BCUT2D eigenvalue weighted by Crippen LogP contribution is -2.38. The molecular formula is C17H25NO5. The zero-order chi connectivity index (χ0) is 17.1. The van der Waals surface area contributed by atoms with Gasteiger partial charge in [-0.2, -0.15) is 0 Å². The van der Waals surface area contributed by atoms with E-state index in [1.807, 2.05) is 30.1 Å². The van der Waals surface area contributed by atoms with Crippen molar-refractivity contribution in [1.82, 2.24) is 4.90 Å². The number of ether oxygens (including phenoxy) is 3. The smallest absolute Gasteiger partial charge is 0.334 e. The minimum absolute atomic E-state index is 0.202. The van der Waals surface area contributed by atoms with E-state index in [2.05, 4.69) is 13.8 Å². The lowest BCUT2D eigenvalue weighted by atomic mass is 9.98. The Labute approximate surface area is 136 Å². The summed E-state index contributed by atoms with van der Waals surface area (Å²) in [5.74, 6) is 0.663. The molecule has 3 atom stereocenters. The summed E-state index contributed by atoms with van der Waals surface area (Å²) in [4.78, 5) is 13.6. The van der Waals surface area contributed by atoms with Gasteiger partial charge in [-0.3, -0.25) is 4.90 Å². The molecule has 6 heteroatoms. The van der Waals surface area contributed by atoms with E-state index in [0.717, 1.165) is 12.0 Å². The number of nitrogens with zero attached hydrogens (tertiary/aromatic N) is 1. The van der Waals surface area contributed by atoms with Crippen LogP contribution in [0, 0.1) is 5.92 Å². The normalized spacial score (nSPS) is 24.9. The largest absolute Gasteiger partial charge is 0.496 e. The van der Waals surface area contributed by atoms with Gasteiger partial charge >= 0.3 is 5.97 Å². The molecule has 1 aliphatic rings. The van der Waals surface area contributed by atoms with Gasteiger partial charge in [-0.25, -0.2) is 4.79 Å². The van der Waals surface area contributed by atoms with Crippen LogP contribution in [0.15, 0.2) is 18.2 Å². The number of methoxy groups -OCH3 is 2. The zero-order valence-electron chi connectivity index (χ0n) is 14.3. The van der Waals surface area contributed by atoms with Crippen LogP contribution in [0.1, 0.15) is 32.1 Å². The second-order valence-corrected chi connectivity index (χ2v) is 6.19. The van der Waals surface area contributed by atoms with Crippen molar-refractivity contribution in [2.24, 2.45) is 5.92 Å². The molecule has 1 saturated heterocycles. The number of carboxylic acid groups (broad SMARTS) is 1. The number of carboxylic acids is 1. The minimum atomic E-state index is -0.945. The lowest BCUT2D eigenvalue weighted by Gasteiger charge is -2.27. The van der Waals surface area contributed by atoms with Gasteiger partial charge in [-0.05, 0) is 31.5 Å². The summed E-state index contributed by atoms with van der Waals surface area (Å²) >= 11 is 0. The van der Waals surface area contributed by atoms with Gasteiger partial charge in [0.05, 0.1) is 19.8 Å². The summed E-state index contributed by atoms with van der Waals surface area (Å²) in [6.45, 7) is 4.15. The van der Waals surface area contributed by atoms with Gasteiger partial charge in [0.1, 0.15) is 17.7 Å². The number of aliphatic carboxylic acids is 1. The van der Waals surface area contributed by atoms with Crippen LogP contribution in [-0.2, 0) is 9.53 Å². The van der Waals surface area contributed by atoms with Crippen LogP contribution in [0.3, 0.4) is 0 Å². The highest BCUT2D eigenvalue weighted by molar-refractivity contribution is 5.74. The first-order chi connectivity index (χ1) is 10.9. The monoisotopic (exact) mass is 323 g/mol. The van der Waals surface area contributed by atoms with Crippen LogP contribution < -0.4 is 9.47 Å². The van der Waals surface area contributed by atoms with Crippen LogP contribution in [0.25, 0.3) is 0 Å². The fraction of sp³-hybridized carbons (Fsp3) is 0.588. The molecule has 1 aromatic carbocycles. The van der Waals surface area contributed by atoms with Gasteiger partial charge < -0.3 is 19.3 Å². The number of rotatable bonds is 6. The first-order valence-electron chi connectivity index (χ1n) is 7.71. The Balaban J connectivity index is 2.43. The fourth-order valence-electron chi connectivity index (χ4n) is 3.10. The second-order valence-electron chi connectivity index (χ2n) is 6.19. The number of carbonyl (C=O) groups is 1. The number of likely N-dealkylation sites (N-methyl/N-ethyl adjacent to an activating group) is 1. The van der Waals surface area contributed by atoms with Crippen LogP contribution in [-0.4, -0.2) is 49.4 Å². The van der Waals surface area contributed by atoms with Crippen LogP contribution in [0.2, 0.25) is 0 Å². The van der Waals surface area contributed by atoms with E-state index >= 15 is 0 Å². The molecule has 0 amide bonds. The molecule has 0 bridgehead atoms. The first-order valence-corrected chi connectivity index (χ1v) is 7.71. The molecule has 1 fully saturated rings. The van der Waals surface area contributed by atoms with Crippen molar-refractivity contribution < 1.29 is 24.1 Å². The number of hydrogen-bond acceptors (Lipinski definition) is 5. The molecule has 0 spiro atoms. The third kappa shape index (κ3) is 3.43. The Morgan fingerprint density at radius 3 is 2.30 bits per heavy atom. The number of hydrogen-bond donors (Lipinski definition) is 1. The molecule has 0 saturated carbocycles. The van der Waals surface area contributed by atoms with Crippen LogP contribution in [0.4, 0.5) is 0 Å². The molecule has 128 valence electrons. The average molecular weight is 323 g/mol. The maximum Gasteiger partial charge on any atom is 0.334 e. The van der Waals surface area contributed by atoms with Crippen molar-refractivity contribution in [1.29, 1.82) is 0 Å². The Morgan fingerprint density at radius 1 is 1.30 bits per heavy atom. The second kappa shape index (κ2) is 7.19. The van der Waals surface area contributed by atoms with Gasteiger partial charge in [-0.15, -0.1) is 0 Å². The highest BCUT2D eigenvalue weighted by atomic mass is 16.6. The molecule has 6 nitrogen and oxygen atoms in total. The highest BCUT2D eigenvalue weighted by Gasteiger charge is 2.46. The molecular weight excluding hydrogens is 298 g/mol. The van der Waals surface area contributed by atoms with E-state index in [1.165, 1.54) is 0 Å². The van der Waals surface area contributed by atoms with E-state index in [0.29, 0.717) is 17.4 Å². The zero-order valence-corrected chi connectivity index (χ0v) is 14.3. The number of benzene rings is 1. The Hall–Kier alpha value is -1.79. The molecule has 1 aliphatic heterocycles. The SMILES string of the molecule is COc1cccc(OC)c1C1O[C@@H](C(=O)O)[C@H](CC(C)C)N1C. The van der Waals surface area contributed by atoms with Crippen molar-refractivity contribution in [3.05, 3.63) is 23.8 Å². The standard InChI is InChI=1S/C17H25NO5/c1-10(2)9-11-15(17(19)20)23-16(18(11)3)14-12(21-4)7-6-8-13(14)22-5/h6-8,10-11,15-16H,9H2,1-5H3,(H,19,20)/t11-,15+,16?/m0/s1. The molecule has 1 N–H and O–H groups in total. The highest BCUT2D eigenvalue weighted by Crippen LogP contribution is 2.43. The summed E-state index contributed by atoms with van der Waals surface area (Å²) in [6, 6.07) is 5.27. The molecule has 0 radical (unpaired) electrons. The van der Waals surface area contributed by atoms with Gasteiger partial charge in [0.15, 0.2) is 6.10 Å². The van der Waals surface area contributed by atoms with Crippen molar-refractivity contribution in [2.45, 2.75) is 38.6 Å². The predicted molar refractivity (Wildman–Crippen MR) is 85.8 cm³/mol. The van der Waals surface area contributed by atoms with Crippen molar-refractivity contribution in [2.75, 3.05) is 21.3 Å². The van der Waals surface area contributed by atoms with Gasteiger partial charge in [-0.1, -0.05) is 19.9 Å². The summed E-state index contributed by atoms with van der Waals surface area (Å²) in [5.41, 5.74) is 0.720. The van der Waals surface area contributed by atoms with E-state index in [4.69, 9.17) is 14.2 Å². The lowest BCUT2D eigenvalue weighted by molar-refractivity contribution is -0.150. The topological polar surface area (TPSA) is 68.2 Å². The summed E-state index contributed by atoms with van der Waals surface area (Å²) in [6.07, 6.45) is -0.658. The Morgan fingerprint density at radius 2 is 1.87 bits per heavy atom. The van der Waals surface area contributed by atoms with Crippen LogP contribution >= 0.6 is 0 Å². The maximum atomic E-state index is 11.6. The molecule has 0 aliphatic carbocycles. The van der Waals surface area contributed by atoms with Gasteiger partial charge in [0, 0.05) is 6.04 Å². The first kappa shape index (κ1) is 17.6. The van der Waals surface area contributed by atoms with Crippen molar-refractivity contribution >= 4 is 5.97 Å². The van der Waals surface area contributed by atoms with E-state index in [9.17, 15) is 9.90 Å². The van der Waals surface area contributed by atoms with Gasteiger partial charge in [0.25, 0.3) is 0 Å². The molecule has 0 aromatic heterocycles. The van der Waals surface area contributed by atoms with Crippen LogP contribution in [0.5, 0.6) is 11.5 Å². The molecule has 2 rings (SSSR count). The van der Waals surface area contributed by atoms with E-state index in [1.54, 1.807) is 14.2 Å². The third-order valence-electron chi connectivity index (χ3n) is 4.19. The molecule has 1 unspecified atom stereocenters. The van der Waals surface area contributed by atoms with E-state index in [-0.39, 0.29) is 6.04 Å². The quantitative estimate of drug-likeness (QED) is 0.867. The average Bonchev–Trinajstić information content (AvgIpc) is 2.83. The van der Waals surface area contributed by atoms with Crippen molar-refractivity contribution in [3.8, 4) is 11.5 Å². The molecule has 23 heavy (non-hydrogen) atoms. The summed E-state index contributed by atoms with van der Waals surface area (Å²) in [7, 11) is 5.04. The summed E-state index contributed by atoms with van der Waals surface area (Å²) < 4.78 is 16.7. The predicted octanol–water partition coefficient (Wildman–Crippen LogP) is 2.53. The Kier molecular flexibility index (Phi) is 5.49. The minimum Gasteiger partial charge on any atom is -0.496 e. The Bertz CT molecular complexity index is 538. The molecule has 1 heterocycles. The third-order valence-corrected chi connectivity index (χ3v) is 4.19. The van der Waals surface area contributed by atoms with E-state index < -0.39 is 18.3 Å². The molecule has 1 aromatic rings. The maximum absolute atomic E-state index is 11.6. The van der Waals surface area contributed by atoms with Crippen molar-refractivity contribution in [3.63, 3.8) is 0 Å². The summed E-state index contributed by atoms with van der Waals surface area (Å²) in [5, 5.41) is 9.52. The van der Waals surface area contributed by atoms with Gasteiger partial charge in [0.2, 0.25) is 0 Å². The fourth-order valence-corrected chi connectivity index (χ4v) is 3.10.